The van der Waals surface area contributed by atoms with E-state index in [0.29, 0.717) is 0 Å². The summed E-state index contributed by atoms with van der Waals surface area (Å²) in [7, 11) is 4.19. The van der Waals surface area contributed by atoms with Gasteiger partial charge in [-0.3, -0.25) is 4.98 Å². The highest BCUT2D eigenvalue weighted by atomic mass is 32.2. The number of thioether (sulfide) groups is 1. The number of benzene rings is 1. The minimum absolute atomic E-state index is 0.806. The van der Waals surface area contributed by atoms with Gasteiger partial charge in [-0.05, 0) is 43.0 Å². The number of hydrogen-bond acceptors (Lipinski definition) is 4. The summed E-state index contributed by atoms with van der Waals surface area (Å²) in [5, 5.41) is 1.12. The first kappa shape index (κ1) is 17.2. The molecule has 0 fully saturated rings. The van der Waals surface area contributed by atoms with Crippen molar-refractivity contribution in [1.82, 2.24) is 14.5 Å². The summed E-state index contributed by atoms with van der Waals surface area (Å²) in [6.45, 7) is 0.806. The molecule has 1 aliphatic carbocycles. The van der Waals surface area contributed by atoms with Crippen molar-refractivity contribution in [3.05, 3.63) is 71.3 Å². The Hall–Kier alpha value is -2.27. The molecule has 26 heavy (non-hydrogen) atoms. The van der Waals surface area contributed by atoms with Gasteiger partial charge in [0.15, 0.2) is 5.16 Å². The fourth-order valence-corrected chi connectivity index (χ4v) is 4.59. The van der Waals surface area contributed by atoms with Gasteiger partial charge in [-0.25, -0.2) is 4.98 Å². The van der Waals surface area contributed by atoms with Crippen LogP contribution in [0, 0.1) is 0 Å². The predicted molar refractivity (Wildman–Crippen MR) is 108 cm³/mol. The molecule has 0 N–H and O–H groups in total. The van der Waals surface area contributed by atoms with Crippen LogP contribution in [0.5, 0.6) is 0 Å². The van der Waals surface area contributed by atoms with Crippen molar-refractivity contribution in [2.24, 2.45) is 0 Å². The third-order valence-electron chi connectivity index (χ3n) is 4.82. The average Bonchev–Trinajstić information content (AvgIpc) is 3.23. The molecule has 0 atom stereocenters. The molecule has 0 spiro atoms. The number of rotatable bonds is 6. The molecule has 0 unspecified atom stereocenters. The van der Waals surface area contributed by atoms with Gasteiger partial charge >= 0.3 is 0 Å². The van der Waals surface area contributed by atoms with Gasteiger partial charge in [0, 0.05) is 37.4 Å². The molecular weight excluding hydrogens is 340 g/mol. The van der Waals surface area contributed by atoms with E-state index in [0.717, 1.165) is 36.0 Å². The molecule has 2 heterocycles. The second-order valence-corrected chi connectivity index (χ2v) is 7.80. The Bertz CT molecular complexity index is 886. The summed E-state index contributed by atoms with van der Waals surface area (Å²) in [5.74, 6) is 0.923. The number of hydrogen-bond donors (Lipinski definition) is 0. The van der Waals surface area contributed by atoms with Crippen LogP contribution in [0.3, 0.4) is 0 Å². The normalized spacial score (nSPS) is 13.0. The van der Waals surface area contributed by atoms with Crippen molar-refractivity contribution < 1.29 is 0 Å². The standard InChI is InChI=1S/C21H24N4S/c1-24(2)19-11-4-3-8-16(19)15-26-21-23-18-10-7-12-20(18)25(21)14-17-9-5-6-13-22-17/h3-6,8-9,11,13H,7,10,12,14-15H2,1-2H3. The zero-order valence-corrected chi connectivity index (χ0v) is 16.2. The second kappa shape index (κ2) is 7.54. The van der Waals surface area contributed by atoms with Crippen molar-refractivity contribution in [3.8, 4) is 0 Å². The molecule has 134 valence electrons. The quantitative estimate of drug-likeness (QED) is 0.615. The van der Waals surface area contributed by atoms with E-state index in [4.69, 9.17) is 4.98 Å². The zero-order valence-electron chi connectivity index (χ0n) is 15.4. The van der Waals surface area contributed by atoms with Crippen LogP contribution >= 0.6 is 11.8 Å². The Kier molecular flexibility index (Phi) is 4.98. The molecule has 5 heteroatoms. The summed E-state index contributed by atoms with van der Waals surface area (Å²) in [4.78, 5) is 11.6. The summed E-state index contributed by atoms with van der Waals surface area (Å²) >= 11 is 1.83. The van der Waals surface area contributed by atoms with Gasteiger partial charge in [-0.2, -0.15) is 0 Å². The smallest absolute Gasteiger partial charge is 0.169 e. The number of pyridine rings is 1. The average molecular weight is 365 g/mol. The van der Waals surface area contributed by atoms with E-state index >= 15 is 0 Å². The summed E-state index contributed by atoms with van der Waals surface area (Å²) < 4.78 is 2.38. The monoisotopic (exact) mass is 364 g/mol. The summed E-state index contributed by atoms with van der Waals surface area (Å²) in [5.41, 5.74) is 6.39. The van der Waals surface area contributed by atoms with Crippen molar-refractivity contribution in [2.45, 2.75) is 36.7 Å². The Balaban J connectivity index is 1.59. The molecule has 0 saturated carbocycles. The van der Waals surface area contributed by atoms with E-state index in [-0.39, 0.29) is 0 Å². The van der Waals surface area contributed by atoms with Gasteiger partial charge in [-0.1, -0.05) is 36.0 Å². The van der Waals surface area contributed by atoms with Crippen molar-refractivity contribution in [3.63, 3.8) is 0 Å². The molecule has 0 aliphatic heterocycles. The molecule has 0 saturated heterocycles. The van der Waals surface area contributed by atoms with Gasteiger partial charge in [-0.15, -0.1) is 0 Å². The topological polar surface area (TPSA) is 34.0 Å². The van der Waals surface area contributed by atoms with Gasteiger partial charge in [0.05, 0.1) is 17.9 Å². The number of fused-ring (bicyclic) bond motifs is 1. The Morgan fingerprint density at radius 1 is 1.08 bits per heavy atom. The molecule has 0 bridgehead atoms. The van der Waals surface area contributed by atoms with Crippen molar-refractivity contribution in [2.75, 3.05) is 19.0 Å². The molecule has 0 radical (unpaired) electrons. The molecule has 2 aromatic heterocycles. The van der Waals surface area contributed by atoms with Crippen LogP contribution in [0.1, 0.15) is 29.1 Å². The Morgan fingerprint density at radius 3 is 2.73 bits per heavy atom. The molecule has 4 nitrogen and oxygen atoms in total. The number of imidazole rings is 1. The highest BCUT2D eigenvalue weighted by Crippen LogP contribution is 2.32. The van der Waals surface area contributed by atoms with Crippen LogP contribution in [-0.4, -0.2) is 28.6 Å². The lowest BCUT2D eigenvalue weighted by atomic mass is 10.2. The number of para-hydroxylation sites is 1. The fraction of sp³-hybridized carbons (Fsp3) is 0.333. The van der Waals surface area contributed by atoms with E-state index in [9.17, 15) is 0 Å². The summed E-state index contributed by atoms with van der Waals surface area (Å²) in [6, 6.07) is 14.7. The lowest BCUT2D eigenvalue weighted by Crippen LogP contribution is -2.11. The maximum absolute atomic E-state index is 4.96. The lowest BCUT2D eigenvalue weighted by molar-refractivity contribution is 0.650. The van der Waals surface area contributed by atoms with Crippen LogP contribution in [0.2, 0.25) is 0 Å². The highest BCUT2D eigenvalue weighted by molar-refractivity contribution is 7.98. The Labute approximate surface area is 159 Å². The zero-order chi connectivity index (χ0) is 17.9. The van der Waals surface area contributed by atoms with E-state index in [2.05, 4.69) is 64.9 Å². The fourth-order valence-electron chi connectivity index (χ4n) is 3.55. The third-order valence-corrected chi connectivity index (χ3v) is 5.85. The molecule has 4 rings (SSSR count). The van der Waals surface area contributed by atoms with E-state index in [1.54, 1.807) is 0 Å². The van der Waals surface area contributed by atoms with Crippen LogP contribution < -0.4 is 4.90 Å². The van der Waals surface area contributed by atoms with E-state index < -0.39 is 0 Å². The van der Waals surface area contributed by atoms with Crippen molar-refractivity contribution >= 4 is 17.4 Å². The minimum atomic E-state index is 0.806. The second-order valence-electron chi connectivity index (χ2n) is 6.86. The van der Waals surface area contributed by atoms with Crippen LogP contribution in [0.15, 0.2) is 53.8 Å². The molecule has 1 aliphatic rings. The minimum Gasteiger partial charge on any atom is -0.377 e. The first-order valence-corrected chi connectivity index (χ1v) is 10.1. The first-order valence-electron chi connectivity index (χ1n) is 9.08. The SMILES string of the molecule is CN(C)c1ccccc1CSc1nc2c(n1Cc1ccccn1)CCC2. The number of aromatic nitrogens is 3. The van der Waals surface area contributed by atoms with Gasteiger partial charge in [0.2, 0.25) is 0 Å². The number of nitrogens with zero attached hydrogens (tertiary/aromatic N) is 4. The van der Waals surface area contributed by atoms with Crippen LogP contribution in [-0.2, 0) is 25.1 Å². The lowest BCUT2D eigenvalue weighted by Gasteiger charge is -2.17. The van der Waals surface area contributed by atoms with Crippen LogP contribution in [0.4, 0.5) is 5.69 Å². The van der Waals surface area contributed by atoms with E-state index in [1.807, 2.05) is 24.0 Å². The molecule has 0 amide bonds. The van der Waals surface area contributed by atoms with E-state index in [1.165, 1.54) is 29.1 Å². The maximum atomic E-state index is 4.96. The molecule has 1 aromatic carbocycles. The summed E-state index contributed by atoms with van der Waals surface area (Å²) in [6.07, 6.45) is 5.32. The maximum Gasteiger partial charge on any atom is 0.169 e. The number of anilines is 1. The van der Waals surface area contributed by atoms with Crippen molar-refractivity contribution in [1.29, 1.82) is 0 Å². The Morgan fingerprint density at radius 2 is 1.92 bits per heavy atom. The predicted octanol–water partition coefficient (Wildman–Crippen LogP) is 4.17. The van der Waals surface area contributed by atoms with Gasteiger partial charge in [0.1, 0.15) is 0 Å². The first-order chi connectivity index (χ1) is 12.7. The van der Waals surface area contributed by atoms with Crippen LogP contribution in [0.25, 0.3) is 0 Å². The van der Waals surface area contributed by atoms with Gasteiger partial charge < -0.3 is 9.47 Å². The highest BCUT2D eigenvalue weighted by Gasteiger charge is 2.22. The third kappa shape index (κ3) is 3.49. The van der Waals surface area contributed by atoms with Gasteiger partial charge in [0.25, 0.3) is 0 Å². The molecule has 3 aromatic rings. The molecular formula is C21H24N4S. The largest absolute Gasteiger partial charge is 0.377 e. The number of aryl methyl sites for hydroxylation is 1.